The van der Waals surface area contributed by atoms with Crippen LogP contribution in [0.5, 0.6) is 11.5 Å². The van der Waals surface area contributed by atoms with Crippen LogP contribution in [-0.2, 0) is 0 Å². The van der Waals surface area contributed by atoms with Gasteiger partial charge < -0.3 is 19.3 Å². The standard InChI is InChI=1S/C20H18Cl2F2N2O4/c1-29-17-10-12(2-5-16(17)30-20(23)24)18(27)25-6-8-26(9-7-25)19(28)14-4-3-13(21)11-15(14)22/h2-5,10-11,20H,6-9H2,1H3. The van der Waals surface area contributed by atoms with Crippen molar-refractivity contribution in [3.63, 3.8) is 0 Å². The molecule has 0 N–H and O–H groups in total. The van der Waals surface area contributed by atoms with Gasteiger partial charge in [0.1, 0.15) is 0 Å². The zero-order valence-corrected chi connectivity index (χ0v) is 17.4. The number of nitrogens with zero attached hydrogens (tertiary/aromatic N) is 2. The van der Waals surface area contributed by atoms with Crippen LogP contribution in [0.3, 0.4) is 0 Å². The Morgan fingerprint density at radius 3 is 2.13 bits per heavy atom. The smallest absolute Gasteiger partial charge is 0.387 e. The predicted molar refractivity (Wildman–Crippen MR) is 108 cm³/mol. The molecule has 3 rings (SSSR count). The topological polar surface area (TPSA) is 59.1 Å². The number of benzene rings is 2. The second-order valence-electron chi connectivity index (χ2n) is 6.45. The maximum atomic E-state index is 12.8. The molecule has 0 atom stereocenters. The zero-order chi connectivity index (χ0) is 21.8. The minimum Gasteiger partial charge on any atom is -0.493 e. The van der Waals surface area contributed by atoms with Crippen LogP contribution in [0.2, 0.25) is 10.0 Å². The molecule has 0 aliphatic carbocycles. The maximum Gasteiger partial charge on any atom is 0.387 e. The van der Waals surface area contributed by atoms with Gasteiger partial charge in [0.25, 0.3) is 11.8 Å². The molecule has 0 bridgehead atoms. The number of hydrogen-bond donors (Lipinski definition) is 0. The molecular weight excluding hydrogens is 441 g/mol. The highest BCUT2D eigenvalue weighted by atomic mass is 35.5. The van der Waals surface area contributed by atoms with Gasteiger partial charge in [0.2, 0.25) is 0 Å². The Kier molecular flexibility index (Phi) is 6.99. The zero-order valence-electron chi connectivity index (χ0n) is 15.9. The second-order valence-corrected chi connectivity index (χ2v) is 7.30. The second kappa shape index (κ2) is 9.49. The van der Waals surface area contributed by atoms with E-state index in [0.29, 0.717) is 36.8 Å². The summed E-state index contributed by atoms with van der Waals surface area (Å²) in [5.41, 5.74) is 0.620. The predicted octanol–water partition coefficient (Wildman–Crippen LogP) is 4.20. The minimum atomic E-state index is -3.00. The van der Waals surface area contributed by atoms with Crippen LogP contribution < -0.4 is 9.47 Å². The third-order valence-corrected chi connectivity index (χ3v) is 5.19. The lowest BCUT2D eigenvalue weighted by atomic mass is 10.1. The highest BCUT2D eigenvalue weighted by molar-refractivity contribution is 6.36. The normalized spacial score (nSPS) is 14.1. The number of carbonyl (C=O) groups is 2. The molecule has 2 amide bonds. The molecule has 10 heteroatoms. The van der Waals surface area contributed by atoms with Gasteiger partial charge in [0.15, 0.2) is 11.5 Å². The van der Waals surface area contributed by atoms with Gasteiger partial charge in [-0.15, -0.1) is 0 Å². The van der Waals surface area contributed by atoms with Gasteiger partial charge in [-0.2, -0.15) is 8.78 Å². The summed E-state index contributed by atoms with van der Waals surface area (Å²) in [6.07, 6.45) is 0. The van der Waals surface area contributed by atoms with Crippen LogP contribution in [-0.4, -0.2) is 61.5 Å². The van der Waals surface area contributed by atoms with Crippen molar-refractivity contribution in [3.05, 3.63) is 57.6 Å². The monoisotopic (exact) mass is 458 g/mol. The summed E-state index contributed by atoms with van der Waals surface area (Å²) in [4.78, 5) is 28.7. The van der Waals surface area contributed by atoms with E-state index in [4.69, 9.17) is 27.9 Å². The van der Waals surface area contributed by atoms with Crippen molar-refractivity contribution in [1.29, 1.82) is 0 Å². The molecule has 30 heavy (non-hydrogen) atoms. The molecule has 1 saturated heterocycles. The number of amides is 2. The van der Waals surface area contributed by atoms with Crippen molar-refractivity contribution in [1.82, 2.24) is 9.80 Å². The van der Waals surface area contributed by atoms with Gasteiger partial charge in [-0.25, -0.2) is 0 Å². The van der Waals surface area contributed by atoms with Crippen molar-refractivity contribution in [2.75, 3.05) is 33.3 Å². The first-order valence-corrected chi connectivity index (χ1v) is 9.72. The number of carbonyl (C=O) groups excluding carboxylic acids is 2. The van der Waals surface area contributed by atoms with E-state index in [0.717, 1.165) is 0 Å². The third-order valence-electron chi connectivity index (χ3n) is 4.64. The number of piperazine rings is 1. The first-order chi connectivity index (χ1) is 14.3. The Morgan fingerprint density at radius 1 is 0.933 bits per heavy atom. The summed E-state index contributed by atoms with van der Waals surface area (Å²) in [6, 6.07) is 8.68. The Hall–Kier alpha value is -2.58. The third kappa shape index (κ3) is 4.94. The van der Waals surface area contributed by atoms with E-state index in [1.165, 1.54) is 31.4 Å². The van der Waals surface area contributed by atoms with Crippen molar-refractivity contribution < 1.29 is 27.8 Å². The van der Waals surface area contributed by atoms with Crippen LogP contribution in [0.25, 0.3) is 0 Å². The summed E-state index contributed by atoms with van der Waals surface area (Å²) in [5, 5.41) is 0.705. The highest BCUT2D eigenvalue weighted by Crippen LogP contribution is 2.30. The molecular formula is C20H18Cl2F2N2O4. The highest BCUT2D eigenvalue weighted by Gasteiger charge is 2.27. The Labute approximate surface area is 181 Å². The van der Waals surface area contributed by atoms with Gasteiger partial charge in [-0.1, -0.05) is 23.2 Å². The molecule has 2 aromatic carbocycles. The molecule has 160 valence electrons. The van der Waals surface area contributed by atoms with E-state index in [1.54, 1.807) is 21.9 Å². The van der Waals surface area contributed by atoms with Gasteiger partial charge in [-0.3, -0.25) is 9.59 Å². The van der Waals surface area contributed by atoms with Crippen LogP contribution in [0.4, 0.5) is 8.78 Å². The summed E-state index contributed by atoms with van der Waals surface area (Å²) in [7, 11) is 1.30. The van der Waals surface area contributed by atoms with E-state index >= 15 is 0 Å². The SMILES string of the molecule is COc1cc(C(=O)N2CCN(C(=O)c3ccc(Cl)cc3Cl)CC2)ccc1OC(F)F. The average Bonchev–Trinajstić information content (AvgIpc) is 2.73. The van der Waals surface area contributed by atoms with Crippen LogP contribution in [0.1, 0.15) is 20.7 Å². The van der Waals surface area contributed by atoms with Crippen molar-refractivity contribution in [2.45, 2.75) is 6.61 Å². The van der Waals surface area contributed by atoms with Gasteiger partial charge in [-0.05, 0) is 36.4 Å². The Morgan fingerprint density at radius 2 is 1.57 bits per heavy atom. The molecule has 0 radical (unpaired) electrons. The molecule has 1 aliphatic rings. The van der Waals surface area contributed by atoms with Crippen molar-refractivity contribution in [2.24, 2.45) is 0 Å². The van der Waals surface area contributed by atoms with Crippen LogP contribution in [0, 0.1) is 0 Å². The largest absolute Gasteiger partial charge is 0.493 e. The molecule has 2 aromatic rings. The van der Waals surface area contributed by atoms with Gasteiger partial charge in [0, 0.05) is 36.8 Å². The van der Waals surface area contributed by atoms with Crippen LogP contribution in [0.15, 0.2) is 36.4 Å². The molecule has 0 spiro atoms. The van der Waals surface area contributed by atoms with E-state index in [2.05, 4.69) is 4.74 Å². The lowest BCUT2D eigenvalue weighted by molar-refractivity contribution is -0.0512. The fraction of sp³-hybridized carbons (Fsp3) is 0.300. The van der Waals surface area contributed by atoms with Crippen molar-refractivity contribution >= 4 is 35.0 Å². The molecule has 0 unspecified atom stereocenters. The minimum absolute atomic E-state index is 0.0346. The van der Waals surface area contributed by atoms with Crippen molar-refractivity contribution in [3.8, 4) is 11.5 Å². The fourth-order valence-electron chi connectivity index (χ4n) is 3.12. The number of hydrogen-bond acceptors (Lipinski definition) is 4. The number of rotatable bonds is 5. The number of ether oxygens (including phenoxy) is 2. The summed E-state index contributed by atoms with van der Waals surface area (Å²) in [6.45, 7) is -1.72. The number of halogens is 4. The van der Waals surface area contributed by atoms with E-state index in [1.807, 2.05) is 0 Å². The number of alkyl halides is 2. The molecule has 0 saturated carbocycles. The average molecular weight is 459 g/mol. The molecule has 1 aliphatic heterocycles. The molecule has 6 nitrogen and oxygen atoms in total. The fourth-order valence-corrected chi connectivity index (χ4v) is 3.61. The quantitative estimate of drug-likeness (QED) is 0.673. The summed E-state index contributed by atoms with van der Waals surface area (Å²) < 4.78 is 34.3. The number of methoxy groups -OCH3 is 1. The van der Waals surface area contributed by atoms with Gasteiger partial charge in [0.05, 0.1) is 17.7 Å². The summed E-state index contributed by atoms with van der Waals surface area (Å²) in [5.74, 6) is -0.654. The summed E-state index contributed by atoms with van der Waals surface area (Å²) >= 11 is 12.0. The van der Waals surface area contributed by atoms with E-state index in [9.17, 15) is 18.4 Å². The van der Waals surface area contributed by atoms with Gasteiger partial charge >= 0.3 is 6.61 Å². The first-order valence-electron chi connectivity index (χ1n) is 8.96. The van der Waals surface area contributed by atoms with E-state index < -0.39 is 6.61 Å². The molecule has 1 fully saturated rings. The maximum absolute atomic E-state index is 12.8. The molecule has 1 heterocycles. The van der Waals surface area contributed by atoms with E-state index in [-0.39, 0.29) is 33.9 Å². The van der Waals surface area contributed by atoms with Crippen LogP contribution >= 0.6 is 23.2 Å². The Bertz CT molecular complexity index is 950. The lowest BCUT2D eigenvalue weighted by Gasteiger charge is -2.35. The molecule has 0 aromatic heterocycles. The Balaban J connectivity index is 1.66. The lowest BCUT2D eigenvalue weighted by Crippen LogP contribution is -2.50. The first kappa shape index (κ1) is 22.1.